The van der Waals surface area contributed by atoms with Crippen LogP contribution in [0.2, 0.25) is 5.02 Å². The van der Waals surface area contributed by atoms with Crippen LogP contribution in [0.3, 0.4) is 0 Å². The molecule has 1 aliphatic rings. The second-order valence-electron chi connectivity index (χ2n) is 6.99. The number of halogens is 1. The molecule has 0 aromatic heterocycles. The minimum Gasteiger partial charge on any atom is -0.372 e. The van der Waals surface area contributed by atoms with Gasteiger partial charge in [-0.15, -0.1) is 0 Å². The average molecular weight is 402 g/mol. The Bertz CT molecular complexity index is 831. The quantitative estimate of drug-likeness (QED) is 0.566. The Balaban J connectivity index is 1.54. The zero-order valence-electron chi connectivity index (χ0n) is 15.7. The molecule has 1 aliphatic heterocycles. The van der Waals surface area contributed by atoms with Gasteiger partial charge in [0, 0.05) is 37.5 Å². The van der Waals surface area contributed by atoms with Gasteiger partial charge >= 0.3 is 0 Å². The molecule has 0 aliphatic carbocycles. The third kappa shape index (κ3) is 5.23. The molecule has 0 unspecified atom stereocenters. The van der Waals surface area contributed by atoms with Crippen molar-refractivity contribution < 1.29 is 9.72 Å². The second-order valence-corrected chi connectivity index (χ2v) is 7.40. The molecule has 2 aromatic carbocycles. The van der Waals surface area contributed by atoms with Gasteiger partial charge in [-0.3, -0.25) is 14.9 Å². The van der Waals surface area contributed by atoms with Crippen molar-refractivity contribution in [2.24, 2.45) is 0 Å². The summed E-state index contributed by atoms with van der Waals surface area (Å²) in [5.74, 6) is -0.408. The van der Waals surface area contributed by atoms with E-state index >= 15 is 0 Å². The maximum Gasteiger partial charge on any atom is 0.270 e. The number of nitrogens with one attached hydrogen (secondary N) is 1. The molecule has 148 valence electrons. The SMILES string of the molecule is O=C(NCCc1ccc(N2CCCCCC2)cc1)c1cc([N+](=O)[O-])ccc1Cl. The van der Waals surface area contributed by atoms with Crippen LogP contribution in [0.1, 0.15) is 41.6 Å². The van der Waals surface area contributed by atoms with Crippen LogP contribution in [0.15, 0.2) is 42.5 Å². The van der Waals surface area contributed by atoms with Gasteiger partial charge in [0.1, 0.15) is 0 Å². The highest BCUT2D eigenvalue weighted by molar-refractivity contribution is 6.33. The Hall–Kier alpha value is -2.60. The first kappa shape index (κ1) is 20.1. The van der Waals surface area contributed by atoms with Crippen molar-refractivity contribution in [2.75, 3.05) is 24.5 Å². The number of hydrogen-bond acceptors (Lipinski definition) is 4. The van der Waals surface area contributed by atoms with Gasteiger partial charge < -0.3 is 10.2 Å². The molecular weight excluding hydrogens is 378 g/mol. The fraction of sp³-hybridized carbons (Fsp3) is 0.381. The van der Waals surface area contributed by atoms with E-state index in [0.29, 0.717) is 13.0 Å². The van der Waals surface area contributed by atoms with Gasteiger partial charge in [0.15, 0.2) is 0 Å². The number of benzene rings is 2. The number of carbonyl (C=O) groups excluding carboxylic acids is 1. The first-order valence-corrected chi connectivity index (χ1v) is 9.98. The van der Waals surface area contributed by atoms with Crippen molar-refractivity contribution in [3.05, 3.63) is 68.7 Å². The molecule has 3 rings (SSSR count). The Morgan fingerprint density at radius 1 is 1.07 bits per heavy atom. The summed E-state index contributed by atoms with van der Waals surface area (Å²) in [6.07, 6.45) is 5.78. The Kier molecular flexibility index (Phi) is 6.87. The number of nitro benzene ring substituents is 1. The summed E-state index contributed by atoms with van der Waals surface area (Å²) in [6.45, 7) is 2.65. The maximum atomic E-state index is 12.3. The molecule has 1 saturated heterocycles. The lowest BCUT2D eigenvalue weighted by atomic mass is 10.1. The van der Waals surface area contributed by atoms with E-state index < -0.39 is 10.8 Å². The molecule has 1 N–H and O–H groups in total. The number of hydrogen-bond donors (Lipinski definition) is 1. The first-order valence-electron chi connectivity index (χ1n) is 9.60. The number of nitrogens with zero attached hydrogens (tertiary/aromatic N) is 2. The van der Waals surface area contributed by atoms with Gasteiger partial charge in [-0.25, -0.2) is 0 Å². The lowest BCUT2D eigenvalue weighted by Gasteiger charge is -2.22. The highest BCUT2D eigenvalue weighted by Gasteiger charge is 2.15. The van der Waals surface area contributed by atoms with E-state index in [4.69, 9.17) is 11.6 Å². The number of rotatable bonds is 6. The van der Waals surface area contributed by atoms with Gasteiger partial charge in [-0.2, -0.15) is 0 Å². The van der Waals surface area contributed by atoms with Crippen molar-refractivity contribution >= 4 is 28.9 Å². The minimum absolute atomic E-state index is 0.118. The minimum atomic E-state index is -0.543. The first-order chi connectivity index (χ1) is 13.5. The molecule has 2 aromatic rings. The average Bonchev–Trinajstić information content (AvgIpc) is 2.98. The smallest absolute Gasteiger partial charge is 0.270 e. The molecule has 28 heavy (non-hydrogen) atoms. The van der Waals surface area contributed by atoms with Crippen LogP contribution in [0, 0.1) is 10.1 Å². The maximum absolute atomic E-state index is 12.3. The highest BCUT2D eigenvalue weighted by atomic mass is 35.5. The van der Waals surface area contributed by atoms with Crippen LogP contribution in [-0.4, -0.2) is 30.5 Å². The third-order valence-corrected chi connectivity index (χ3v) is 5.34. The molecule has 0 atom stereocenters. The van der Waals surface area contributed by atoms with Gasteiger partial charge in [-0.1, -0.05) is 36.6 Å². The Morgan fingerprint density at radius 3 is 2.39 bits per heavy atom. The van der Waals surface area contributed by atoms with Gasteiger partial charge in [0.2, 0.25) is 0 Å². The lowest BCUT2D eigenvalue weighted by Crippen LogP contribution is -2.26. The monoisotopic (exact) mass is 401 g/mol. The van der Waals surface area contributed by atoms with Crippen molar-refractivity contribution in [1.82, 2.24) is 5.32 Å². The van der Waals surface area contributed by atoms with E-state index in [0.717, 1.165) is 18.7 Å². The molecule has 0 saturated carbocycles. The molecule has 1 heterocycles. The predicted octanol–water partition coefficient (Wildman–Crippen LogP) is 4.60. The van der Waals surface area contributed by atoms with E-state index in [2.05, 4.69) is 34.5 Å². The number of anilines is 1. The van der Waals surface area contributed by atoms with Crippen LogP contribution >= 0.6 is 11.6 Å². The zero-order valence-corrected chi connectivity index (χ0v) is 16.5. The summed E-state index contributed by atoms with van der Waals surface area (Å²) < 4.78 is 0. The van der Waals surface area contributed by atoms with Crippen molar-refractivity contribution in [3.8, 4) is 0 Å². The van der Waals surface area contributed by atoms with Crippen molar-refractivity contribution in [1.29, 1.82) is 0 Å². The van der Waals surface area contributed by atoms with Crippen LogP contribution in [0.5, 0.6) is 0 Å². The fourth-order valence-corrected chi connectivity index (χ4v) is 3.62. The molecule has 0 bridgehead atoms. The van der Waals surface area contributed by atoms with Crippen LogP contribution in [0.4, 0.5) is 11.4 Å². The van der Waals surface area contributed by atoms with E-state index in [1.54, 1.807) is 0 Å². The number of non-ortho nitro benzene ring substituents is 1. The summed E-state index contributed by atoms with van der Waals surface area (Å²) in [4.78, 5) is 25.1. The van der Waals surface area contributed by atoms with E-state index in [-0.39, 0.29) is 16.3 Å². The van der Waals surface area contributed by atoms with E-state index in [1.165, 1.54) is 49.6 Å². The largest absolute Gasteiger partial charge is 0.372 e. The Morgan fingerprint density at radius 2 is 1.75 bits per heavy atom. The molecular formula is C21H24ClN3O3. The van der Waals surface area contributed by atoms with Crippen molar-refractivity contribution in [2.45, 2.75) is 32.1 Å². The van der Waals surface area contributed by atoms with Crippen LogP contribution < -0.4 is 10.2 Å². The number of nitro groups is 1. The normalized spacial score (nSPS) is 14.4. The number of amides is 1. The molecule has 1 amide bonds. The molecule has 0 spiro atoms. The van der Waals surface area contributed by atoms with Gasteiger partial charge in [0.25, 0.3) is 11.6 Å². The molecule has 6 nitrogen and oxygen atoms in total. The summed E-state index contributed by atoms with van der Waals surface area (Å²) in [5, 5.41) is 13.9. The molecule has 1 fully saturated rings. The third-order valence-electron chi connectivity index (χ3n) is 5.01. The molecule has 0 radical (unpaired) electrons. The van der Waals surface area contributed by atoms with Crippen molar-refractivity contribution in [3.63, 3.8) is 0 Å². The predicted molar refractivity (Wildman–Crippen MR) is 111 cm³/mol. The van der Waals surface area contributed by atoms with E-state index in [1.807, 2.05) is 0 Å². The zero-order chi connectivity index (χ0) is 19.9. The van der Waals surface area contributed by atoms with Crippen LogP contribution in [0.25, 0.3) is 0 Å². The summed E-state index contributed by atoms with van der Waals surface area (Å²) in [6, 6.07) is 12.3. The summed E-state index contributed by atoms with van der Waals surface area (Å²) in [7, 11) is 0. The van der Waals surface area contributed by atoms with Crippen LogP contribution in [-0.2, 0) is 6.42 Å². The standard InChI is InChI=1S/C21H24ClN3O3/c22-20-10-9-18(25(27)28)15-19(20)21(26)23-12-11-16-5-7-17(8-6-16)24-13-3-1-2-4-14-24/h5-10,15H,1-4,11-14H2,(H,23,26). The lowest BCUT2D eigenvalue weighted by molar-refractivity contribution is -0.384. The topological polar surface area (TPSA) is 75.5 Å². The second kappa shape index (κ2) is 9.55. The van der Waals surface area contributed by atoms with E-state index in [9.17, 15) is 14.9 Å². The highest BCUT2D eigenvalue weighted by Crippen LogP contribution is 2.22. The van der Waals surface area contributed by atoms with Gasteiger partial charge in [0.05, 0.1) is 15.5 Å². The summed E-state index contributed by atoms with van der Waals surface area (Å²) in [5.41, 5.74) is 2.34. The summed E-state index contributed by atoms with van der Waals surface area (Å²) >= 11 is 6.01. The Labute approximate surface area is 169 Å². The fourth-order valence-electron chi connectivity index (χ4n) is 3.42. The number of carbonyl (C=O) groups is 1. The van der Waals surface area contributed by atoms with Gasteiger partial charge in [-0.05, 0) is 43.0 Å². The molecule has 7 heteroatoms.